The van der Waals surface area contributed by atoms with Crippen molar-refractivity contribution in [3.63, 3.8) is 0 Å². The van der Waals surface area contributed by atoms with Crippen molar-refractivity contribution < 1.29 is 4.74 Å². The lowest BCUT2D eigenvalue weighted by atomic mass is 10.2. The number of methoxy groups -OCH3 is 1. The van der Waals surface area contributed by atoms with Gasteiger partial charge in [-0.25, -0.2) is 15.0 Å². The molecule has 0 aliphatic heterocycles. The smallest absolute Gasteiger partial charge is 0.258 e. The van der Waals surface area contributed by atoms with Crippen LogP contribution in [0.3, 0.4) is 0 Å². The monoisotopic (exact) mass is 427 g/mol. The second-order valence-corrected chi connectivity index (χ2v) is 7.62. The van der Waals surface area contributed by atoms with E-state index in [1.54, 1.807) is 25.4 Å². The number of para-hydroxylation sites is 1. The molecular formula is C20H18ClN5O2S. The molecule has 148 valence electrons. The Morgan fingerprint density at radius 3 is 2.90 bits per heavy atom. The highest BCUT2D eigenvalue weighted by molar-refractivity contribution is 7.98. The third-order valence-corrected chi connectivity index (χ3v) is 5.31. The predicted molar refractivity (Wildman–Crippen MR) is 116 cm³/mol. The number of ether oxygens (including phenoxy) is 1. The largest absolute Gasteiger partial charge is 0.383 e. The summed E-state index contributed by atoms with van der Waals surface area (Å²) in [6.07, 6.45) is 1.56. The molecule has 0 saturated heterocycles. The van der Waals surface area contributed by atoms with Crippen LogP contribution in [-0.2, 0) is 10.5 Å². The molecule has 29 heavy (non-hydrogen) atoms. The second-order valence-electron chi connectivity index (χ2n) is 6.24. The van der Waals surface area contributed by atoms with Crippen LogP contribution in [0, 0.1) is 0 Å². The fourth-order valence-electron chi connectivity index (χ4n) is 2.86. The normalized spacial score (nSPS) is 11.2. The van der Waals surface area contributed by atoms with E-state index >= 15 is 0 Å². The zero-order chi connectivity index (χ0) is 20.2. The van der Waals surface area contributed by atoms with Gasteiger partial charge in [0.15, 0.2) is 5.16 Å². The number of nitrogens with zero attached hydrogens (tertiary/aromatic N) is 4. The number of aromatic nitrogens is 4. The topological polar surface area (TPSA) is 81.4 Å². The summed E-state index contributed by atoms with van der Waals surface area (Å²) in [7, 11) is 1.66. The van der Waals surface area contributed by atoms with Gasteiger partial charge in [-0.3, -0.25) is 9.20 Å². The fourth-order valence-corrected chi connectivity index (χ4v) is 3.77. The van der Waals surface area contributed by atoms with Gasteiger partial charge in [0, 0.05) is 37.1 Å². The highest BCUT2D eigenvalue weighted by Gasteiger charge is 2.10. The van der Waals surface area contributed by atoms with Gasteiger partial charge in [-0.2, -0.15) is 0 Å². The Hall–Kier alpha value is -2.68. The molecule has 4 aromatic rings. The first-order valence-electron chi connectivity index (χ1n) is 8.94. The number of hydrogen-bond acceptors (Lipinski definition) is 7. The Morgan fingerprint density at radius 2 is 2.03 bits per heavy atom. The van der Waals surface area contributed by atoms with Gasteiger partial charge in [-0.05, 0) is 24.3 Å². The molecule has 0 saturated carbocycles. The van der Waals surface area contributed by atoms with Crippen molar-refractivity contribution in [1.29, 1.82) is 0 Å². The minimum Gasteiger partial charge on any atom is -0.383 e. The van der Waals surface area contributed by atoms with Crippen molar-refractivity contribution in [3.8, 4) is 0 Å². The lowest BCUT2D eigenvalue weighted by Gasteiger charge is -2.10. The molecule has 0 aliphatic rings. The number of fused-ring (bicyclic) bond motifs is 2. The minimum absolute atomic E-state index is 0.172. The number of nitrogens with one attached hydrogen (secondary N) is 1. The maximum Gasteiger partial charge on any atom is 0.258 e. The van der Waals surface area contributed by atoms with Crippen LogP contribution in [0.1, 0.15) is 5.69 Å². The van der Waals surface area contributed by atoms with Crippen LogP contribution in [-0.4, -0.2) is 39.6 Å². The number of halogens is 1. The van der Waals surface area contributed by atoms with E-state index in [0.717, 1.165) is 16.7 Å². The number of hydrogen-bond donors (Lipinski definition) is 1. The summed E-state index contributed by atoms with van der Waals surface area (Å²) in [5.74, 6) is 1.24. The predicted octanol–water partition coefficient (Wildman–Crippen LogP) is 3.64. The van der Waals surface area contributed by atoms with Crippen molar-refractivity contribution in [2.24, 2.45) is 0 Å². The van der Waals surface area contributed by atoms with Crippen molar-refractivity contribution in [2.45, 2.75) is 10.9 Å². The van der Waals surface area contributed by atoms with Gasteiger partial charge in [0.1, 0.15) is 11.5 Å². The third kappa shape index (κ3) is 4.50. The molecule has 0 unspecified atom stereocenters. The highest BCUT2D eigenvalue weighted by Crippen LogP contribution is 2.26. The summed E-state index contributed by atoms with van der Waals surface area (Å²) < 4.78 is 6.54. The zero-order valence-corrected chi connectivity index (χ0v) is 17.2. The van der Waals surface area contributed by atoms with Crippen LogP contribution in [0.2, 0.25) is 5.02 Å². The first kappa shape index (κ1) is 19.6. The SMILES string of the molecule is COCCNc1nc(SCc2cc(=O)n3cc(Cl)ccc3n2)nc2ccccc12. The Labute approximate surface area is 176 Å². The lowest BCUT2D eigenvalue weighted by molar-refractivity contribution is 0.210. The summed E-state index contributed by atoms with van der Waals surface area (Å²) in [4.78, 5) is 26.1. The average molecular weight is 428 g/mol. The molecule has 3 aromatic heterocycles. The molecule has 0 atom stereocenters. The van der Waals surface area contributed by atoms with Crippen molar-refractivity contribution in [2.75, 3.05) is 25.6 Å². The maximum absolute atomic E-state index is 12.3. The first-order valence-corrected chi connectivity index (χ1v) is 10.3. The standard InChI is InChI=1S/C20H18ClN5O2S/c1-28-9-8-22-19-15-4-2-3-5-16(15)24-20(25-19)29-12-14-10-18(27)26-11-13(21)6-7-17(26)23-14/h2-7,10-11H,8-9,12H2,1H3,(H,22,24,25). The fraction of sp³-hybridized carbons (Fsp3) is 0.200. The quantitative estimate of drug-likeness (QED) is 0.274. The molecule has 0 radical (unpaired) electrons. The Bertz CT molecular complexity index is 1230. The molecule has 4 rings (SSSR count). The second kappa shape index (κ2) is 8.77. The van der Waals surface area contributed by atoms with Crippen LogP contribution in [0.15, 0.2) is 58.6 Å². The van der Waals surface area contributed by atoms with Crippen LogP contribution < -0.4 is 10.9 Å². The van der Waals surface area contributed by atoms with Gasteiger partial charge in [0.05, 0.1) is 22.8 Å². The number of anilines is 1. The van der Waals surface area contributed by atoms with Gasteiger partial charge < -0.3 is 10.1 Å². The van der Waals surface area contributed by atoms with E-state index < -0.39 is 0 Å². The summed E-state index contributed by atoms with van der Waals surface area (Å²) in [6.45, 7) is 1.23. The van der Waals surface area contributed by atoms with Crippen molar-refractivity contribution in [3.05, 3.63) is 69.7 Å². The van der Waals surface area contributed by atoms with E-state index in [9.17, 15) is 4.79 Å². The molecule has 1 N–H and O–H groups in total. The molecule has 0 amide bonds. The molecule has 0 aliphatic carbocycles. The number of thioether (sulfide) groups is 1. The van der Waals surface area contributed by atoms with E-state index in [1.165, 1.54) is 22.2 Å². The third-order valence-electron chi connectivity index (χ3n) is 4.21. The van der Waals surface area contributed by atoms with E-state index in [2.05, 4.69) is 20.3 Å². The molecule has 3 heterocycles. The van der Waals surface area contributed by atoms with E-state index in [0.29, 0.717) is 40.4 Å². The van der Waals surface area contributed by atoms with Crippen LogP contribution >= 0.6 is 23.4 Å². The number of rotatable bonds is 7. The molecule has 0 bridgehead atoms. The van der Waals surface area contributed by atoms with Crippen LogP contribution in [0.25, 0.3) is 16.6 Å². The van der Waals surface area contributed by atoms with Crippen LogP contribution in [0.4, 0.5) is 5.82 Å². The Kier molecular flexibility index (Phi) is 5.94. The minimum atomic E-state index is -0.172. The van der Waals surface area contributed by atoms with E-state index in [1.807, 2.05) is 24.3 Å². The van der Waals surface area contributed by atoms with Gasteiger partial charge in [0.25, 0.3) is 5.56 Å². The summed E-state index contributed by atoms with van der Waals surface area (Å²) >= 11 is 7.39. The summed E-state index contributed by atoms with van der Waals surface area (Å²) in [5.41, 5.74) is 1.90. The molecule has 1 aromatic carbocycles. The van der Waals surface area contributed by atoms with Gasteiger partial charge in [-0.15, -0.1) is 0 Å². The van der Waals surface area contributed by atoms with Crippen LogP contribution in [0.5, 0.6) is 0 Å². The maximum atomic E-state index is 12.3. The summed E-state index contributed by atoms with van der Waals surface area (Å²) in [6, 6.07) is 12.8. The number of pyridine rings is 1. The molecule has 0 fully saturated rings. The molecule has 9 heteroatoms. The van der Waals surface area contributed by atoms with Crippen molar-refractivity contribution in [1.82, 2.24) is 19.4 Å². The van der Waals surface area contributed by atoms with E-state index in [4.69, 9.17) is 16.3 Å². The Morgan fingerprint density at radius 1 is 1.17 bits per heavy atom. The average Bonchev–Trinajstić information content (AvgIpc) is 2.73. The van der Waals surface area contributed by atoms with Gasteiger partial charge in [0.2, 0.25) is 0 Å². The van der Waals surface area contributed by atoms with Gasteiger partial charge >= 0.3 is 0 Å². The van der Waals surface area contributed by atoms with Gasteiger partial charge in [-0.1, -0.05) is 35.5 Å². The zero-order valence-electron chi connectivity index (χ0n) is 15.6. The Balaban J connectivity index is 1.60. The lowest BCUT2D eigenvalue weighted by Crippen LogP contribution is -2.15. The van der Waals surface area contributed by atoms with E-state index in [-0.39, 0.29) is 5.56 Å². The first-order chi connectivity index (χ1) is 14.1. The van der Waals surface area contributed by atoms with Crippen molar-refractivity contribution >= 4 is 45.7 Å². The summed E-state index contributed by atoms with van der Waals surface area (Å²) in [5, 5.41) is 5.35. The molecule has 0 spiro atoms. The molecular weight excluding hydrogens is 410 g/mol. The highest BCUT2D eigenvalue weighted by atomic mass is 35.5. The molecule has 7 nitrogen and oxygen atoms in total. The number of benzene rings is 1.